The van der Waals surface area contributed by atoms with Crippen molar-refractivity contribution in [3.63, 3.8) is 0 Å². The Labute approximate surface area is 236 Å². The molecule has 14 heteroatoms. The van der Waals surface area contributed by atoms with E-state index in [1.165, 1.54) is 4.52 Å². The lowest BCUT2D eigenvalue weighted by Gasteiger charge is -2.29. The molecule has 218 valence electrons. The second-order valence-corrected chi connectivity index (χ2v) is 11.5. The van der Waals surface area contributed by atoms with Crippen LogP contribution in [0.3, 0.4) is 0 Å². The number of hydrogen-bond donors (Lipinski definition) is 3. The maximum Gasteiger partial charge on any atom is 0.503 e. The van der Waals surface area contributed by atoms with Crippen LogP contribution in [0.1, 0.15) is 37.3 Å². The van der Waals surface area contributed by atoms with Gasteiger partial charge in [-0.15, -0.1) is 0 Å². The number of carboxylic acid groups (broad SMARTS) is 2. The van der Waals surface area contributed by atoms with Gasteiger partial charge in [0.1, 0.15) is 10.7 Å². The number of nitrogens with two attached hydrogens (primary N) is 1. The molecule has 0 spiro atoms. The maximum absolute atomic E-state index is 12.8. The van der Waals surface area contributed by atoms with Gasteiger partial charge < -0.3 is 25.4 Å². The molecule has 0 unspecified atom stereocenters. The number of anilines is 1. The number of benzene rings is 1. The molecule has 0 atom stereocenters. The van der Waals surface area contributed by atoms with Crippen molar-refractivity contribution in [1.29, 1.82) is 0 Å². The molecular formula is C27H32N6O7S. The smallest absolute Gasteiger partial charge is 0.450 e. The minimum atomic E-state index is -3.65. The summed E-state index contributed by atoms with van der Waals surface area (Å²) in [6, 6.07) is 9.71. The summed E-state index contributed by atoms with van der Waals surface area (Å²) in [5.41, 5.74) is 9.71. The second-order valence-electron chi connectivity index (χ2n) is 9.56. The minimum Gasteiger partial charge on any atom is -0.450 e. The summed E-state index contributed by atoms with van der Waals surface area (Å²) in [6.07, 6.45) is 7.64. The molecule has 1 aromatic carbocycles. The van der Waals surface area contributed by atoms with Gasteiger partial charge in [-0.25, -0.2) is 28.2 Å². The number of rotatable bonds is 8. The summed E-state index contributed by atoms with van der Waals surface area (Å²) in [4.78, 5) is 22.5. The molecule has 0 saturated heterocycles. The number of hydrogen-bond acceptors (Lipinski definition) is 10. The summed E-state index contributed by atoms with van der Waals surface area (Å²) < 4.78 is 38.0. The summed E-state index contributed by atoms with van der Waals surface area (Å²) >= 11 is 0. The van der Waals surface area contributed by atoms with Crippen LogP contribution in [-0.2, 0) is 19.3 Å². The van der Waals surface area contributed by atoms with E-state index in [1.54, 1.807) is 25.7 Å². The first kappa shape index (κ1) is 29.8. The average molecular weight is 585 g/mol. The van der Waals surface area contributed by atoms with Gasteiger partial charge in [0.05, 0.1) is 31.2 Å². The number of ether oxygens (including phenoxy) is 2. The Morgan fingerprint density at radius 1 is 1.02 bits per heavy atom. The third kappa shape index (κ3) is 7.14. The Hall–Kier alpha value is -4.14. The lowest BCUT2D eigenvalue weighted by Crippen LogP contribution is -2.24. The number of nitrogens with zero attached hydrogens (tertiary/aromatic N) is 5. The van der Waals surface area contributed by atoms with Crippen molar-refractivity contribution in [1.82, 2.24) is 24.6 Å². The van der Waals surface area contributed by atoms with Crippen LogP contribution in [-0.4, -0.2) is 82.0 Å². The summed E-state index contributed by atoms with van der Waals surface area (Å²) in [5, 5.41) is 18.3. The molecule has 3 heterocycles. The van der Waals surface area contributed by atoms with Crippen molar-refractivity contribution in [3.05, 3.63) is 54.6 Å². The molecule has 1 aliphatic rings. The van der Waals surface area contributed by atoms with Gasteiger partial charge in [-0.1, -0.05) is 30.3 Å². The number of nitrogen functional groups attached to an aromatic ring is 1. The van der Waals surface area contributed by atoms with E-state index in [0.717, 1.165) is 43.1 Å². The zero-order valence-corrected chi connectivity index (χ0v) is 23.5. The average Bonchev–Trinajstić information content (AvgIpc) is 3.38. The van der Waals surface area contributed by atoms with Gasteiger partial charge in [0, 0.05) is 48.4 Å². The largest absolute Gasteiger partial charge is 0.503 e. The summed E-state index contributed by atoms with van der Waals surface area (Å²) in [6.45, 7) is 1.09. The van der Waals surface area contributed by atoms with E-state index in [1.807, 2.05) is 30.3 Å². The molecule has 1 fully saturated rings. The van der Waals surface area contributed by atoms with Gasteiger partial charge in [-0.05, 0) is 25.7 Å². The SMILES string of the molecule is COCCO[C@H]1CC[C@H](c2nc3c(-c4cnc(-c5ccccc5)nc4)cnn3c(N)c2S(C)(=O)=O)CC1.O=C(O)O. The molecule has 41 heavy (non-hydrogen) atoms. The first-order valence-electron chi connectivity index (χ1n) is 12.9. The van der Waals surface area contributed by atoms with Gasteiger partial charge in [0.25, 0.3) is 0 Å². The Balaban J connectivity index is 0.000000909. The summed E-state index contributed by atoms with van der Waals surface area (Å²) in [7, 11) is -2.00. The van der Waals surface area contributed by atoms with Crippen molar-refractivity contribution >= 4 is 27.5 Å². The monoisotopic (exact) mass is 584 g/mol. The molecule has 4 aromatic rings. The van der Waals surface area contributed by atoms with Crippen LogP contribution < -0.4 is 5.73 Å². The highest BCUT2D eigenvalue weighted by Gasteiger charge is 2.32. The fourth-order valence-electron chi connectivity index (χ4n) is 4.88. The van der Waals surface area contributed by atoms with Crippen LogP contribution in [0.5, 0.6) is 0 Å². The molecule has 1 aliphatic carbocycles. The molecule has 1 saturated carbocycles. The summed E-state index contributed by atoms with van der Waals surface area (Å²) in [5.74, 6) is 0.616. The van der Waals surface area contributed by atoms with Crippen molar-refractivity contribution < 1.29 is 32.9 Å². The zero-order chi connectivity index (χ0) is 29.6. The molecular weight excluding hydrogens is 552 g/mol. The highest BCUT2D eigenvalue weighted by atomic mass is 32.2. The molecule has 4 N–H and O–H groups in total. The fourth-order valence-corrected chi connectivity index (χ4v) is 5.94. The Morgan fingerprint density at radius 2 is 1.66 bits per heavy atom. The fraction of sp³-hybridized carbons (Fsp3) is 0.370. The zero-order valence-electron chi connectivity index (χ0n) is 22.7. The van der Waals surface area contributed by atoms with E-state index in [9.17, 15) is 8.42 Å². The van der Waals surface area contributed by atoms with Gasteiger partial charge in [0.15, 0.2) is 21.3 Å². The number of aromatic nitrogens is 5. The molecule has 0 radical (unpaired) electrons. The topological polar surface area (TPSA) is 192 Å². The van der Waals surface area contributed by atoms with E-state index in [4.69, 9.17) is 35.2 Å². The Morgan fingerprint density at radius 3 is 2.24 bits per heavy atom. The first-order valence-corrected chi connectivity index (χ1v) is 14.8. The molecule has 5 rings (SSSR count). The van der Waals surface area contributed by atoms with Crippen LogP contribution in [0, 0.1) is 0 Å². The Kier molecular flexibility index (Phi) is 9.47. The molecule has 0 aliphatic heterocycles. The highest BCUT2D eigenvalue weighted by Crippen LogP contribution is 2.39. The van der Waals surface area contributed by atoms with Crippen LogP contribution in [0.2, 0.25) is 0 Å². The molecule has 13 nitrogen and oxygen atoms in total. The quantitative estimate of drug-likeness (QED) is 0.254. The molecule has 0 amide bonds. The predicted molar refractivity (Wildman–Crippen MR) is 150 cm³/mol. The van der Waals surface area contributed by atoms with Gasteiger partial charge in [-0.2, -0.15) is 9.61 Å². The van der Waals surface area contributed by atoms with Gasteiger partial charge in [-0.3, -0.25) is 0 Å². The minimum absolute atomic E-state index is 0.0501. The van der Waals surface area contributed by atoms with E-state index >= 15 is 0 Å². The molecule has 0 bridgehead atoms. The molecule has 3 aromatic heterocycles. The lowest BCUT2D eigenvalue weighted by molar-refractivity contribution is -0.00308. The maximum atomic E-state index is 12.8. The third-order valence-corrected chi connectivity index (χ3v) is 7.89. The number of carbonyl (C=O) groups is 1. The van der Waals surface area contributed by atoms with Gasteiger partial charge in [0.2, 0.25) is 0 Å². The van der Waals surface area contributed by atoms with Crippen LogP contribution in [0.15, 0.2) is 53.8 Å². The lowest BCUT2D eigenvalue weighted by atomic mass is 9.85. The van der Waals surface area contributed by atoms with Crippen molar-refractivity contribution in [2.24, 2.45) is 0 Å². The van der Waals surface area contributed by atoms with Crippen molar-refractivity contribution in [2.45, 2.75) is 42.6 Å². The van der Waals surface area contributed by atoms with E-state index in [2.05, 4.69) is 15.1 Å². The van der Waals surface area contributed by atoms with Crippen molar-refractivity contribution in [3.8, 4) is 22.5 Å². The van der Waals surface area contributed by atoms with E-state index in [0.29, 0.717) is 35.9 Å². The number of fused-ring (bicyclic) bond motifs is 1. The van der Waals surface area contributed by atoms with Crippen LogP contribution in [0.25, 0.3) is 28.2 Å². The predicted octanol–water partition coefficient (Wildman–Crippen LogP) is 3.75. The number of sulfone groups is 1. The van der Waals surface area contributed by atoms with Gasteiger partial charge >= 0.3 is 6.16 Å². The highest BCUT2D eigenvalue weighted by molar-refractivity contribution is 7.91. The van der Waals surface area contributed by atoms with Crippen molar-refractivity contribution in [2.75, 3.05) is 32.3 Å². The third-order valence-electron chi connectivity index (χ3n) is 6.73. The van der Waals surface area contributed by atoms with Crippen LogP contribution >= 0.6 is 0 Å². The standard InChI is InChI=1S/C26H30N6O4S.CH2O3/c1-35-12-13-36-20-10-8-17(9-11-20)22-23(37(2,33)34)24(27)32-26(31-22)21(16-30-32)19-14-28-25(29-15-19)18-6-4-3-5-7-18;2-1(3)4/h3-7,14-17,20H,8-13,27H2,1-2H3;(H2,2,3,4)/t17-,20-;. The number of methoxy groups -OCH3 is 1. The second kappa shape index (κ2) is 13.0. The van der Waals surface area contributed by atoms with Crippen LogP contribution in [0.4, 0.5) is 10.6 Å². The van der Waals surface area contributed by atoms with E-state index < -0.39 is 16.0 Å². The first-order chi connectivity index (χ1) is 19.6. The van der Waals surface area contributed by atoms with E-state index in [-0.39, 0.29) is 22.7 Å². The Bertz CT molecular complexity index is 1580. The normalized spacial score (nSPS) is 17.1.